The van der Waals surface area contributed by atoms with Crippen molar-refractivity contribution >= 4 is 27.7 Å². The molecule has 0 atom stereocenters. The summed E-state index contributed by atoms with van der Waals surface area (Å²) in [6.45, 7) is -2.62. The third-order valence-corrected chi connectivity index (χ3v) is 4.60. The summed E-state index contributed by atoms with van der Waals surface area (Å²) < 4.78 is 112. The van der Waals surface area contributed by atoms with Crippen LogP contribution in [0, 0.1) is 20.8 Å². The smallest absolute Gasteiger partial charge is 0.449 e. The van der Waals surface area contributed by atoms with Gasteiger partial charge in [-0.1, -0.05) is 15.8 Å². The Kier molecular flexibility index (Phi) is 5.07. The van der Waals surface area contributed by atoms with Crippen molar-refractivity contribution in [3.05, 3.63) is 22.3 Å². The van der Waals surface area contributed by atoms with E-state index < -0.39 is 66.9 Å². The van der Waals surface area contributed by atoms with Gasteiger partial charge in [-0.05, 0) is 31.9 Å². The Bertz CT molecular complexity index is 846. The Morgan fingerprint density at radius 1 is 0.913 bits per heavy atom. The van der Waals surface area contributed by atoms with Gasteiger partial charge in [-0.3, -0.25) is 0 Å². The first-order valence-corrected chi connectivity index (χ1v) is 8.66. The molecule has 5 nitrogen and oxygen atoms in total. The number of rotatable bonds is 5. The lowest BCUT2D eigenvalue weighted by atomic mass is 9.78. The largest absolute Gasteiger partial charge is 0.488 e. The highest BCUT2D eigenvalue weighted by Gasteiger charge is 2.32. The van der Waals surface area contributed by atoms with E-state index in [-0.39, 0.29) is 0 Å². The quantitative estimate of drug-likeness (QED) is 0.445. The van der Waals surface area contributed by atoms with Crippen LogP contribution in [0.1, 0.15) is 22.3 Å². The molecule has 0 aliphatic heterocycles. The van der Waals surface area contributed by atoms with Gasteiger partial charge in [0, 0.05) is 5.56 Å². The highest BCUT2D eigenvalue weighted by atomic mass is 32.3. The van der Waals surface area contributed by atoms with E-state index in [1.165, 1.54) is 0 Å². The molecule has 13 heteroatoms. The van der Waals surface area contributed by atoms with Crippen LogP contribution in [-0.4, -0.2) is 23.8 Å². The molecule has 0 N–H and O–H groups in total. The number of benzene rings is 1. The minimum atomic E-state index is -5.65. The Hall–Kier alpha value is -1.37. The summed E-state index contributed by atoms with van der Waals surface area (Å²) in [4.78, 5) is -1.17. The molecule has 0 aliphatic carbocycles. The second-order valence-electron chi connectivity index (χ2n) is 4.84. The summed E-state index contributed by atoms with van der Waals surface area (Å²) in [7, 11) is -11.1. The molecular formula is C10H11BF5O5S2-. The van der Waals surface area contributed by atoms with E-state index in [0.29, 0.717) is 0 Å². The average molecular weight is 381 g/mol. The number of hydrogen-bond donors (Lipinski definition) is 0. The van der Waals surface area contributed by atoms with Crippen molar-refractivity contribution in [1.29, 1.82) is 0 Å². The Balaban J connectivity index is 3.89. The molecular weight excluding hydrogens is 370 g/mol. The van der Waals surface area contributed by atoms with Gasteiger partial charge in [0.1, 0.15) is 4.90 Å². The standard InChI is InChI=1S/C10H11BF5O5S2/c1-5-8(4-11(12,13)14)6(2)10(22(15,17)18)7(3)9(5)21-23(16,19)20/h4H2,1-3H3/q-1. The molecule has 0 amide bonds. The minimum Gasteiger partial charge on any atom is -0.449 e. The molecule has 1 aromatic carbocycles. The maximum atomic E-state index is 13.4. The first kappa shape index (κ1) is 19.7. The maximum Gasteiger partial charge on any atom is 0.488 e. The summed E-state index contributed by atoms with van der Waals surface area (Å²) in [5, 5.41) is 0. The highest BCUT2D eigenvalue weighted by molar-refractivity contribution is 7.86. The molecule has 0 bridgehead atoms. The van der Waals surface area contributed by atoms with Gasteiger partial charge in [0.2, 0.25) is 0 Å². The Labute approximate surface area is 130 Å². The van der Waals surface area contributed by atoms with E-state index in [0.717, 1.165) is 20.8 Å². The summed E-state index contributed by atoms with van der Waals surface area (Å²) in [5.74, 6) is -0.982. The fourth-order valence-electron chi connectivity index (χ4n) is 2.35. The molecule has 1 rings (SSSR count). The van der Waals surface area contributed by atoms with Gasteiger partial charge in [0.25, 0.3) is 0 Å². The van der Waals surface area contributed by atoms with Crippen molar-refractivity contribution in [1.82, 2.24) is 0 Å². The molecule has 0 heterocycles. The van der Waals surface area contributed by atoms with Crippen LogP contribution in [0.5, 0.6) is 5.75 Å². The molecule has 0 aliphatic rings. The Morgan fingerprint density at radius 2 is 1.39 bits per heavy atom. The molecule has 0 unspecified atom stereocenters. The lowest BCUT2D eigenvalue weighted by Gasteiger charge is -2.22. The Morgan fingerprint density at radius 3 is 1.74 bits per heavy atom. The molecule has 0 saturated heterocycles. The van der Waals surface area contributed by atoms with E-state index >= 15 is 0 Å². The first-order valence-electron chi connectivity index (χ1n) is 5.97. The fourth-order valence-corrected chi connectivity index (χ4v) is 3.75. The topological polar surface area (TPSA) is 77.5 Å². The number of halogens is 5. The molecule has 0 fully saturated rings. The predicted molar refractivity (Wildman–Crippen MR) is 72.4 cm³/mol. The van der Waals surface area contributed by atoms with Crippen LogP contribution in [0.4, 0.5) is 20.7 Å². The van der Waals surface area contributed by atoms with Crippen LogP contribution in [0.3, 0.4) is 0 Å². The second kappa shape index (κ2) is 5.93. The van der Waals surface area contributed by atoms with Gasteiger partial charge in [-0.2, -0.15) is 16.8 Å². The normalized spacial score (nSPS) is 13.2. The van der Waals surface area contributed by atoms with Gasteiger partial charge < -0.3 is 17.1 Å². The van der Waals surface area contributed by atoms with Gasteiger partial charge in [0.15, 0.2) is 5.75 Å². The van der Waals surface area contributed by atoms with Crippen molar-refractivity contribution in [2.75, 3.05) is 0 Å². The van der Waals surface area contributed by atoms with Gasteiger partial charge in [-0.15, -0.1) is 3.89 Å². The summed E-state index contributed by atoms with van der Waals surface area (Å²) in [6, 6.07) is 0. The van der Waals surface area contributed by atoms with E-state index in [4.69, 9.17) is 0 Å². The van der Waals surface area contributed by atoms with Gasteiger partial charge in [0.05, 0.1) is 0 Å². The van der Waals surface area contributed by atoms with Crippen molar-refractivity contribution < 1.29 is 41.7 Å². The van der Waals surface area contributed by atoms with Crippen molar-refractivity contribution in [3.63, 3.8) is 0 Å². The van der Waals surface area contributed by atoms with Gasteiger partial charge in [-0.25, -0.2) is 0 Å². The summed E-state index contributed by atoms with van der Waals surface area (Å²) in [5.41, 5.74) is -2.29. The zero-order chi connectivity index (χ0) is 18.4. The molecule has 0 spiro atoms. The van der Waals surface area contributed by atoms with Crippen LogP contribution in [0.25, 0.3) is 0 Å². The molecule has 1 aromatic rings. The van der Waals surface area contributed by atoms with Crippen molar-refractivity contribution in [3.8, 4) is 5.75 Å². The van der Waals surface area contributed by atoms with Crippen LogP contribution in [0.2, 0.25) is 0 Å². The van der Waals surface area contributed by atoms with E-state index in [9.17, 15) is 37.6 Å². The van der Waals surface area contributed by atoms with Gasteiger partial charge >= 0.3 is 27.7 Å². The summed E-state index contributed by atoms with van der Waals surface area (Å²) >= 11 is 0. The monoisotopic (exact) mass is 381 g/mol. The van der Waals surface area contributed by atoms with Crippen molar-refractivity contribution in [2.24, 2.45) is 0 Å². The van der Waals surface area contributed by atoms with Crippen LogP contribution >= 0.6 is 0 Å². The number of hydrogen-bond acceptors (Lipinski definition) is 5. The van der Waals surface area contributed by atoms with E-state index in [2.05, 4.69) is 4.18 Å². The zero-order valence-electron chi connectivity index (χ0n) is 12.0. The van der Waals surface area contributed by atoms with Crippen LogP contribution in [0.15, 0.2) is 4.90 Å². The third-order valence-electron chi connectivity index (χ3n) is 3.13. The molecule has 0 saturated carbocycles. The summed E-state index contributed by atoms with van der Waals surface area (Å²) in [6.07, 6.45) is -1.61. The first-order chi connectivity index (χ1) is 10.0. The van der Waals surface area contributed by atoms with Crippen LogP contribution in [-0.2, 0) is 27.0 Å². The maximum absolute atomic E-state index is 13.4. The second-order valence-corrected chi connectivity index (χ2v) is 7.08. The third kappa shape index (κ3) is 4.80. The van der Waals surface area contributed by atoms with E-state index in [1.807, 2.05) is 0 Å². The molecule has 23 heavy (non-hydrogen) atoms. The molecule has 132 valence electrons. The lowest BCUT2D eigenvalue weighted by molar-refractivity contribution is 0.435. The highest BCUT2D eigenvalue weighted by Crippen LogP contribution is 2.38. The zero-order valence-corrected chi connectivity index (χ0v) is 13.7. The van der Waals surface area contributed by atoms with Crippen LogP contribution < -0.4 is 4.18 Å². The lowest BCUT2D eigenvalue weighted by Crippen LogP contribution is -2.22. The molecule has 0 radical (unpaired) electrons. The molecule has 0 aromatic heterocycles. The fraction of sp³-hybridized carbons (Fsp3) is 0.400. The SMILES string of the molecule is Cc1c(C[B-](F)(F)F)c(C)c(S(=O)(=O)F)c(C)c1OS(=O)(=O)F. The minimum absolute atomic E-state index is 0.437. The van der Waals surface area contributed by atoms with E-state index in [1.54, 1.807) is 0 Å². The predicted octanol–water partition coefficient (Wildman–Crippen LogP) is 2.79. The average Bonchev–Trinajstić information content (AvgIpc) is 2.26. The van der Waals surface area contributed by atoms with Crippen molar-refractivity contribution in [2.45, 2.75) is 32.0 Å².